The molecule has 0 bridgehead atoms. The van der Waals surface area contributed by atoms with Crippen molar-refractivity contribution >= 4 is 17.7 Å². The van der Waals surface area contributed by atoms with E-state index in [-0.39, 0.29) is 17.8 Å². The Morgan fingerprint density at radius 2 is 2.07 bits per heavy atom. The zero-order valence-corrected chi connectivity index (χ0v) is 16.5. The Hall–Kier alpha value is -2.71. The topological polar surface area (TPSA) is 73.9 Å². The third kappa shape index (κ3) is 5.17. The summed E-state index contributed by atoms with van der Waals surface area (Å²) in [7, 11) is 3.81. The Labute approximate surface area is 167 Å². The maximum Gasteiger partial charge on any atom is 0.251 e. The van der Waals surface area contributed by atoms with E-state index in [4.69, 9.17) is 0 Å². The Morgan fingerprint density at radius 1 is 1.25 bits per heavy atom. The van der Waals surface area contributed by atoms with E-state index in [2.05, 4.69) is 20.5 Å². The van der Waals surface area contributed by atoms with Gasteiger partial charge < -0.3 is 10.2 Å². The molecular weight excluding hydrogens is 377 g/mol. The minimum absolute atomic E-state index is 0.129. The Kier molecular flexibility index (Phi) is 6.78. The Morgan fingerprint density at radius 3 is 2.79 bits per heavy atom. The van der Waals surface area contributed by atoms with Crippen molar-refractivity contribution in [2.75, 3.05) is 20.6 Å². The number of likely N-dealkylation sites (N-methyl/N-ethyl adjacent to an activating group) is 1. The molecule has 0 radical (unpaired) electrons. The first-order valence-electron chi connectivity index (χ1n) is 8.80. The van der Waals surface area contributed by atoms with Crippen LogP contribution in [0.1, 0.15) is 27.5 Å². The van der Waals surface area contributed by atoms with Gasteiger partial charge in [-0.3, -0.25) is 9.89 Å². The zero-order chi connectivity index (χ0) is 19.9. The summed E-state index contributed by atoms with van der Waals surface area (Å²) in [4.78, 5) is 18.8. The van der Waals surface area contributed by atoms with Crippen molar-refractivity contribution in [2.45, 2.75) is 17.0 Å². The molecule has 146 valence electrons. The molecule has 3 rings (SSSR count). The molecule has 6 nitrogen and oxygen atoms in total. The lowest BCUT2D eigenvalue weighted by Crippen LogP contribution is -2.35. The second-order valence-electron chi connectivity index (χ2n) is 6.48. The van der Waals surface area contributed by atoms with Gasteiger partial charge in [0.25, 0.3) is 5.91 Å². The summed E-state index contributed by atoms with van der Waals surface area (Å²) in [5, 5.41) is 10.3. The third-order valence-electron chi connectivity index (χ3n) is 4.33. The largest absolute Gasteiger partial charge is 0.350 e. The molecule has 8 heteroatoms. The highest BCUT2D eigenvalue weighted by Gasteiger charge is 2.18. The van der Waals surface area contributed by atoms with E-state index in [1.165, 1.54) is 30.2 Å². The van der Waals surface area contributed by atoms with Crippen LogP contribution in [0.2, 0.25) is 0 Å². The summed E-state index contributed by atoms with van der Waals surface area (Å²) < 4.78 is 13.6. The Bertz CT molecular complexity index is 916. The number of amides is 1. The van der Waals surface area contributed by atoms with E-state index >= 15 is 0 Å². The SMILES string of the molecule is CN(C)C(CNC(=O)c1ccccc1CSc1ncn[nH]1)c1cccc(F)c1. The molecule has 0 fully saturated rings. The summed E-state index contributed by atoms with van der Waals surface area (Å²) in [6.45, 7) is 0.374. The number of rotatable bonds is 8. The molecule has 1 aromatic heterocycles. The van der Waals surface area contributed by atoms with Gasteiger partial charge in [-0.15, -0.1) is 0 Å². The fourth-order valence-corrected chi connectivity index (χ4v) is 3.66. The van der Waals surface area contributed by atoms with Crippen LogP contribution in [0.15, 0.2) is 60.0 Å². The zero-order valence-electron chi connectivity index (χ0n) is 15.7. The third-order valence-corrected chi connectivity index (χ3v) is 5.26. The van der Waals surface area contributed by atoms with Crippen molar-refractivity contribution in [1.82, 2.24) is 25.4 Å². The van der Waals surface area contributed by atoms with Crippen molar-refractivity contribution in [2.24, 2.45) is 0 Å². The van der Waals surface area contributed by atoms with E-state index < -0.39 is 0 Å². The molecule has 1 unspecified atom stereocenters. The minimum atomic E-state index is -0.287. The molecule has 3 aromatic rings. The quantitative estimate of drug-likeness (QED) is 0.569. The molecule has 0 spiro atoms. The summed E-state index contributed by atoms with van der Waals surface area (Å²) >= 11 is 1.48. The number of hydrogen-bond donors (Lipinski definition) is 2. The first kappa shape index (κ1) is 20.0. The molecule has 0 saturated carbocycles. The number of hydrogen-bond acceptors (Lipinski definition) is 5. The molecule has 0 aliphatic carbocycles. The lowest BCUT2D eigenvalue weighted by Gasteiger charge is -2.25. The van der Waals surface area contributed by atoms with E-state index in [0.717, 1.165) is 11.1 Å². The van der Waals surface area contributed by atoms with Crippen LogP contribution in [0.4, 0.5) is 4.39 Å². The van der Waals surface area contributed by atoms with E-state index in [9.17, 15) is 9.18 Å². The van der Waals surface area contributed by atoms with Gasteiger partial charge in [0.15, 0.2) is 5.16 Å². The van der Waals surface area contributed by atoms with Crippen molar-refractivity contribution in [1.29, 1.82) is 0 Å². The van der Waals surface area contributed by atoms with Gasteiger partial charge in [-0.1, -0.05) is 42.1 Å². The fourth-order valence-electron chi connectivity index (χ4n) is 2.87. The number of benzene rings is 2. The average molecular weight is 399 g/mol. The van der Waals surface area contributed by atoms with Crippen LogP contribution in [0.3, 0.4) is 0 Å². The maximum absolute atomic E-state index is 13.6. The van der Waals surface area contributed by atoms with E-state index in [1.54, 1.807) is 12.1 Å². The predicted octanol–water partition coefficient (Wildman–Crippen LogP) is 3.27. The van der Waals surface area contributed by atoms with Gasteiger partial charge in [0.05, 0.1) is 6.04 Å². The lowest BCUT2D eigenvalue weighted by molar-refractivity contribution is 0.0941. The van der Waals surface area contributed by atoms with Crippen LogP contribution in [0, 0.1) is 5.82 Å². The summed E-state index contributed by atoms with van der Waals surface area (Å²) in [5.41, 5.74) is 2.35. The first-order chi connectivity index (χ1) is 13.5. The second-order valence-corrected chi connectivity index (χ2v) is 7.44. The number of thioether (sulfide) groups is 1. The van der Waals surface area contributed by atoms with Crippen molar-refractivity contribution < 1.29 is 9.18 Å². The smallest absolute Gasteiger partial charge is 0.251 e. The van der Waals surface area contributed by atoms with Crippen molar-refractivity contribution in [3.05, 3.63) is 77.4 Å². The minimum Gasteiger partial charge on any atom is -0.350 e. The van der Waals surface area contributed by atoms with E-state index in [0.29, 0.717) is 23.0 Å². The molecule has 28 heavy (non-hydrogen) atoms. The lowest BCUT2D eigenvalue weighted by atomic mass is 10.0. The molecule has 0 aliphatic heterocycles. The van der Waals surface area contributed by atoms with Gasteiger partial charge >= 0.3 is 0 Å². The normalized spacial score (nSPS) is 12.1. The van der Waals surface area contributed by atoms with Gasteiger partial charge in [-0.25, -0.2) is 9.37 Å². The molecule has 0 aliphatic rings. The van der Waals surface area contributed by atoms with Crippen LogP contribution < -0.4 is 5.32 Å². The molecule has 1 atom stereocenters. The average Bonchev–Trinajstić information content (AvgIpc) is 3.20. The van der Waals surface area contributed by atoms with Gasteiger partial charge in [0.2, 0.25) is 0 Å². The highest BCUT2D eigenvalue weighted by atomic mass is 32.2. The maximum atomic E-state index is 13.6. The van der Waals surface area contributed by atoms with Gasteiger partial charge in [0.1, 0.15) is 12.1 Å². The van der Waals surface area contributed by atoms with E-state index in [1.807, 2.05) is 43.3 Å². The van der Waals surface area contributed by atoms with Crippen molar-refractivity contribution in [3.63, 3.8) is 0 Å². The number of nitrogens with zero attached hydrogens (tertiary/aromatic N) is 3. The highest BCUT2D eigenvalue weighted by Crippen LogP contribution is 2.22. The number of carbonyl (C=O) groups is 1. The van der Waals surface area contributed by atoms with Gasteiger partial charge in [-0.05, 0) is 43.4 Å². The fraction of sp³-hybridized carbons (Fsp3) is 0.250. The second kappa shape index (κ2) is 9.48. The summed E-state index contributed by atoms with van der Waals surface area (Å²) in [6.07, 6.45) is 1.45. The molecule has 0 saturated heterocycles. The van der Waals surface area contributed by atoms with Crippen LogP contribution in [0.5, 0.6) is 0 Å². The van der Waals surface area contributed by atoms with Crippen molar-refractivity contribution in [3.8, 4) is 0 Å². The molecule has 2 aromatic carbocycles. The van der Waals surface area contributed by atoms with Gasteiger partial charge in [-0.2, -0.15) is 5.10 Å². The van der Waals surface area contributed by atoms with Crippen LogP contribution >= 0.6 is 11.8 Å². The molecule has 1 heterocycles. The van der Waals surface area contributed by atoms with Gasteiger partial charge in [0, 0.05) is 17.9 Å². The van der Waals surface area contributed by atoms with Crippen LogP contribution in [-0.4, -0.2) is 46.6 Å². The summed E-state index contributed by atoms with van der Waals surface area (Å²) in [5.74, 6) is 0.155. The number of carbonyl (C=O) groups excluding carboxylic acids is 1. The molecule has 2 N–H and O–H groups in total. The summed E-state index contributed by atoms with van der Waals surface area (Å²) in [6, 6.07) is 13.8. The first-order valence-corrected chi connectivity index (χ1v) is 9.79. The number of halogens is 1. The standard InChI is InChI=1S/C20H22FN5OS/c1-26(2)18(14-7-5-8-16(21)10-14)11-22-19(27)17-9-4-3-6-15(17)12-28-20-23-13-24-25-20/h3-10,13,18H,11-12H2,1-2H3,(H,22,27)(H,23,24,25). The number of nitrogens with one attached hydrogen (secondary N) is 2. The highest BCUT2D eigenvalue weighted by molar-refractivity contribution is 7.98. The number of aromatic nitrogens is 3. The molecular formula is C20H22FN5OS. The molecule has 1 amide bonds. The monoisotopic (exact) mass is 399 g/mol. The van der Waals surface area contributed by atoms with Crippen LogP contribution in [0.25, 0.3) is 0 Å². The number of H-pyrrole nitrogens is 1. The van der Waals surface area contributed by atoms with Crippen LogP contribution in [-0.2, 0) is 5.75 Å². The predicted molar refractivity (Wildman–Crippen MR) is 108 cm³/mol. The Balaban J connectivity index is 1.68. The number of aromatic amines is 1.